The molecule has 0 unspecified atom stereocenters. The lowest BCUT2D eigenvalue weighted by Crippen LogP contribution is -2.49. The number of carboxylic acids is 1. The first kappa shape index (κ1) is 13.7. The molecule has 2 rings (SSSR count). The molecule has 1 aliphatic heterocycles. The van der Waals surface area contributed by atoms with Gasteiger partial charge in [0.2, 0.25) is 0 Å². The zero-order valence-electron chi connectivity index (χ0n) is 10.5. The quantitative estimate of drug-likeness (QED) is 0.497. The van der Waals surface area contributed by atoms with Gasteiger partial charge < -0.3 is 16.2 Å². The van der Waals surface area contributed by atoms with Gasteiger partial charge in [-0.05, 0) is 36.5 Å². The lowest BCUT2D eigenvalue weighted by Gasteiger charge is -2.34. The fraction of sp³-hybridized carbons (Fsp3) is 0.385. The Balaban J connectivity index is 2.24. The number of aliphatic carboxylic acids is 1. The summed E-state index contributed by atoms with van der Waals surface area (Å²) in [5.74, 6) is 0.838. The Morgan fingerprint density at radius 1 is 1.42 bits per heavy atom. The molecule has 1 fully saturated rings. The minimum atomic E-state index is -0.902. The highest BCUT2D eigenvalue weighted by atomic mass is 32.2. The number of thioether (sulfide) groups is 1. The molecule has 5 nitrogen and oxygen atoms in total. The first-order valence-electron chi connectivity index (χ1n) is 6.07. The van der Waals surface area contributed by atoms with Gasteiger partial charge in [0, 0.05) is 11.3 Å². The maximum Gasteiger partial charge on any atom is 0.329 e. The number of amidine groups is 1. The number of carboxylic acid groups (broad SMARTS) is 1. The number of nitrogens with two attached hydrogens (primary N) is 1. The highest BCUT2D eigenvalue weighted by molar-refractivity contribution is 7.99. The van der Waals surface area contributed by atoms with Gasteiger partial charge in [0.25, 0.3) is 0 Å². The number of nitrogens with one attached hydrogen (secondary N) is 2. The van der Waals surface area contributed by atoms with E-state index in [-0.39, 0.29) is 5.84 Å². The van der Waals surface area contributed by atoms with Crippen LogP contribution in [0.25, 0.3) is 0 Å². The van der Waals surface area contributed by atoms with Crippen molar-refractivity contribution in [3.8, 4) is 0 Å². The van der Waals surface area contributed by atoms with Crippen LogP contribution in [-0.2, 0) is 4.79 Å². The number of anilines is 1. The molecular weight excluding hydrogens is 262 g/mol. The molecule has 0 bridgehead atoms. The van der Waals surface area contributed by atoms with Crippen LogP contribution in [0.1, 0.15) is 18.4 Å². The van der Waals surface area contributed by atoms with E-state index in [9.17, 15) is 9.90 Å². The number of hydrogen-bond acceptors (Lipinski definition) is 4. The minimum absolute atomic E-state index is 0.0211. The van der Waals surface area contributed by atoms with Crippen LogP contribution in [0.2, 0.25) is 0 Å². The van der Waals surface area contributed by atoms with E-state index in [2.05, 4.69) is 5.32 Å². The number of benzene rings is 1. The predicted octanol–water partition coefficient (Wildman–Crippen LogP) is 1.73. The molecule has 1 saturated heterocycles. The summed E-state index contributed by atoms with van der Waals surface area (Å²) in [6, 6.07) is 7.03. The summed E-state index contributed by atoms with van der Waals surface area (Å²) in [6.45, 7) is 0. The van der Waals surface area contributed by atoms with Gasteiger partial charge in [-0.15, -0.1) is 0 Å². The van der Waals surface area contributed by atoms with Gasteiger partial charge >= 0.3 is 5.97 Å². The molecule has 1 heterocycles. The van der Waals surface area contributed by atoms with Gasteiger partial charge in [0.1, 0.15) is 11.4 Å². The summed E-state index contributed by atoms with van der Waals surface area (Å²) in [4.78, 5) is 11.6. The van der Waals surface area contributed by atoms with Crippen LogP contribution >= 0.6 is 11.8 Å². The Labute approximate surface area is 116 Å². The topological polar surface area (TPSA) is 99.2 Å². The van der Waals surface area contributed by atoms with Gasteiger partial charge in [-0.1, -0.05) is 12.1 Å². The van der Waals surface area contributed by atoms with Crippen molar-refractivity contribution in [1.29, 1.82) is 5.41 Å². The molecule has 102 valence electrons. The molecule has 19 heavy (non-hydrogen) atoms. The van der Waals surface area contributed by atoms with Crippen molar-refractivity contribution >= 4 is 29.3 Å². The van der Waals surface area contributed by atoms with Gasteiger partial charge in [0.15, 0.2) is 0 Å². The maximum absolute atomic E-state index is 11.6. The Hall–Kier alpha value is -1.69. The van der Waals surface area contributed by atoms with Crippen LogP contribution in [0.4, 0.5) is 5.69 Å². The van der Waals surface area contributed by atoms with Gasteiger partial charge in [-0.25, -0.2) is 4.79 Å². The van der Waals surface area contributed by atoms with Crippen LogP contribution in [0.15, 0.2) is 24.3 Å². The summed E-state index contributed by atoms with van der Waals surface area (Å²) in [5, 5.41) is 20.0. The molecule has 0 aliphatic carbocycles. The fourth-order valence-electron chi connectivity index (χ4n) is 2.15. The Morgan fingerprint density at radius 3 is 2.68 bits per heavy atom. The highest BCUT2D eigenvalue weighted by Gasteiger charge is 2.39. The molecule has 6 heteroatoms. The second kappa shape index (κ2) is 5.52. The largest absolute Gasteiger partial charge is 0.480 e. The molecule has 0 saturated carbocycles. The number of nitrogen functional groups attached to an aromatic ring is 1. The second-order valence-corrected chi connectivity index (χ2v) is 5.84. The number of hydrogen-bond donors (Lipinski definition) is 4. The van der Waals surface area contributed by atoms with Crippen LogP contribution in [0.3, 0.4) is 0 Å². The van der Waals surface area contributed by atoms with E-state index < -0.39 is 11.5 Å². The van der Waals surface area contributed by atoms with Crippen molar-refractivity contribution in [3.63, 3.8) is 0 Å². The SMILES string of the molecule is N=C(N)c1cccc(NC2(C(=O)O)CCSCC2)c1. The Kier molecular flexibility index (Phi) is 3.99. The molecular formula is C13H17N3O2S. The number of rotatable bonds is 4. The van der Waals surface area contributed by atoms with Crippen molar-refractivity contribution in [2.24, 2.45) is 5.73 Å². The summed E-state index contributed by atoms with van der Waals surface area (Å²) in [7, 11) is 0. The fourth-order valence-corrected chi connectivity index (χ4v) is 3.34. The molecule has 0 aromatic heterocycles. The highest BCUT2D eigenvalue weighted by Crippen LogP contribution is 2.31. The molecule has 5 N–H and O–H groups in total. The van der Waals surface area contributed by atoms with Gasteiger partial charge in [0.05, 0.1) is 0 Å². The lowest BCUT2D eigenvalue weighted by atomic mass is 9.91. The zero-order chi connectivity index (χ0) is 13.9. The zero-order valence-corrected chi connectivity index (χ0v) is 11.3. The molecule has 1 aliphatic rings. The second-order valence-electron chi connectivity index (χ2n) is 4.62. The standard InChI is InChI=1S/C13H17N3O2S/c14-11(15)9-2-1-3-10(8-9)16-13(12(17)18)4-6-19-7-5-13/h1-3,8,16H,4-7H2,(H3,14,15)(H,17,18). The molecule has 0 spiro atoms. The molecule has 0 radical (unpaired) electrons. The lowest BCUT2D eigenvalue weighted by molar-refractivity contribution is -0.142. The summed E-state index contributed by atoms with van der Waals surface area (Å²) >= 11 is 1.78. The predicted molar refractivity (Wildman–Crippen MR) is 78.0 cm³/mol. The third-order valence-electron chi connectivity index (χ3n) is 3.31. The average Bonchev–Trinajstić information content (AvgIpc) is 2.40. The molecule has 0 atom stereocenters. The van der Waals surface area contributed by atoms with Crippen molar-refractivity contribution in [3.05, 3.63) is 29.8 Å². The van der Waals surface area contributed by atoms with Crippen LogP contribution in [-0.4, -0.2) is 34.0 Å². The van der Waals surface area contributed by atoms with Crippen molar-refractivity contribution in [1.82, 2.24) is 0 Å². The Bertz CT molecular complexity index is 498. The van der Waals surface area contributed by atoms with Gasteiger partial charge in [-0.2, -0.15) is 11.8 Å². The third-order valence-corrected chi connectivity index (χ3v) is 4.30. The molecule has 0 amide bonds. The molecule has 1 aromatic carbocycles. The van der Waals surface area contributed by atoms with Crippen molar-refractivity contribution in [2.75, 3.05) is 16.8 Å². The van der Waals surface area contributed by atoms with Crippen LogP contribution in [0, 0.1) is 5.41 Å². The third kappa shape index (κ3) is 3.01. The van der Waals surface area contributed by atoms with E-state index in [4.69, 9.17) is 11.1 Å². The maximum atomic E-state index is 11.6. The van der Waals surface area contributed by atoms with E-state index in [0.717, 1.165) is 11.5 Å². The van der Waals surface area contributed by atoms with Crippen molar-refractivity contribution < 1.29 is 9.90 Å². The van der Waals surface area contributed by atoms with E-state index in [1.54, 1.807) is 36.0 Å². The Morgan fingerprint density at radius 2 is 2.11 bits per heavy atom. The average molecular weight is 279 g/mol. The van der Waals surface area contributed by atoms with E-state index >= 15 is 0 Å². The smallest absolute Gasteiger partial charge is 0.329 e. The van der Waals surface area contributed by atoms with Gasteiger partial charge in [-0.3, -0.25) is 5.41 Å². The van der Waals surface area contributed by atoms with Crippen LogP contribution in [0.5, 0.6) is 0 Å². The number of carbonyl (C=O) groups is 1. The first-order valence-corrected chi connectivity index (χ1v) is 7.23. The summed E-state index contributed by atoms with van der Waals surface area (Å²) < 4.78 is 0. The summed E-state index contributed by atoms with van der Waals surface area (Å²) in [6.07, 6.45) is 1.19. The van der Waals surface area contributed by atoms with E-state index in [1.807, 2.05) is 0 Å². The first-order chi connectivity index (χ1) is 9.03. The van der Waals surface area contributed by atoms with E-state index in [0.29, 0.717) is 24.1 Å². The summed E-state index contributed by atoms with van der Waals surface area (Å²) in [5.41, 5.74) is 5.83. The minimum Gasteiger partial charge on any atom is -0.480 e. The van der Waals surface area contributed by atoms with Crippen molar-refractivity contribution in [2.45, 2.75) is 18.4 Å². The van der Waals surface area contributed by atoms with Crippen LogP contribution < -0.4 is 11.1 Å². The van der Waals surface area contributed by atoms with E-state index in [1.165, 1.54) is 0 Å². The molecule has 1 aromatic rings. The normalized spacial score (nSPS) is 17.7. The monoisotopic (exact) mass is 279 g/mol.